The van der Waals surface area contributed by atoms with Crippen LogP contribution in [-0.2, 0) is 0 Å². The van der Waals surface area contributed by atoms with Gasteiger partial charge >= 0.3 is 0 Å². The molecule has 0 bridgehead atoms. The van der Waals surface area contributed by atoms with Gasteiger partial charge in [0.25, 0.3) is 0 Å². The molecule has 2 nitrogen and oxygen atoms in total. The topological polar surface area (TPSA) is 15.3 Å². The predicted molar refractivity (Wildman–Crippen MR) is 64.7 cm³/mol. The molecule has 0 aliphatic rings. The van der Waals surface area contributed by atoms with Gasteiger partial charge < -0.3 is 10.2 Å². The first-order chi connectivity index (χ1) is 6.46. The van der Waals surface area contributed by atoms with Crippen LogP contribution in [0.1, 0.15) is 33.6 Å². The van der Waals surface area contributed by atoms with Gasteiger partial charge in [0.05, 0.1) is 0 Å². The highest BCUT2D eigenvalue weighted by molar-refractivity contribution is 4.94. The zero-order chi connectivity index (χ0) is 11.2. The van der Waals surface area contributed by atoms with Gasteiger partial charge in [-0.25, -0.2) is 0 Å². The van der Waals surface area contributed by atoms with E-state index in [1.807, 2.05) is 6.08 Å². The summed E-state index contributed by atoms with van der Waals surface area (Å²) in [7, 11) is 4.26. The van der Waals surface area contributed by atoms with Crippen LogP contribution in [0.5, 0.6) is 0 Å². The van der Waals surface area contributed by atoms with E-state index < -0.39 is 0 Å². The van der Waals surface area contributed by atoms with Crippen molar-refractivity contribution >= 4 is 0 Å². The molecule has 0 saturated carbocycles. The van der Waals surface area contributed by atoms with Gasteiger partial charge in [-0.15, -0.1) is 6.58 Å². The fourth-order valence-corrected chi connectivity index (χ4v) is 1.42. The minimum Gasteiger partial charge on any atom is -0.312 e. The standard InChI is InChI=1S/C12H26N2/c1-7-9-11(13-10-8-2)12(3,4)14(5)6/h7,11,13H,1,8-10H2,2-6H3. The van der Waals surface area contributed by atoms with Crippen molar-refractivity contribution in [1.29, 1.82) is 0 Å². The van der Waals surface area contributed by atoms with Crippen molar-refractivity contribution in [3.8, 4) is 0 Å². The molecule has 0 spiro atoms. The molecular formula is C12H26N2. The first kappa shape index (κ1) is 13.7. The molecule has 84 valence electrons. The number of nitrogens with zero attached hydrogens (tertiary/aromatic N) is 1. The molecule has 2 heteroatoms. The van der Waals surface area contributed by atoms with Gasteiger partial charge in [-0.3, -0.25) is 0 Å². The summed E-state index contributed by atoms with van der Waals surface area (Å²) in [6.45, 7) is 11.6. The first-order valence-electron chi connectivity index (χ1n) is 5.48. The molecule has 0 radical (unpaired) electrons. The quantitative estimate of drug-likeness (QED) is 0.631. The van der Waals surface area contributed by atoms with E-state index in [0.29, 0.717) is 6.04 Å². The average Bonchev–Trinajstić information content (AvgIpc) is 2.11. The molecule has 0 aliphatic heterocycles. The molecule has 14 heavy (non-hydrogen) atoms. The predicted octanol–water partition coefficient (Wildman–Crippen LogP) is 2.27. The molecule has 1 unspecified atom stereocenters. The van der Waals surface area contributed by atoms with Gasteiger partial charge in [-0.2, -0.15) is 0 Å². The van der Waals surface area contributed by atoms with Crippen molar-refractivity contribution in [3.05, 3.63) is 12.7 Å². The van der Waals surface area contributed by atoms with Crippen LogP contribution in [0, 0.1) is 0 Å². The van der Waals surface area contributed by atoms with Gasteiger partial charge in [-0.05, 0) is 47.3 Å². The summed E-state index contributed by atoms with van der Waals surface area (Å²) in [5, 5.41) is 3.58. The smallest absolute Gasteiger partial charge is 0.0303 e. The Hall–Kier alpha value is -0.340. The first-order valence-corrected chi connectivity index (χ1v) is 5.48. The van der Waals surface area contributed by atoms with E-state index in [4.69, 9.17) is 0 Å². The molecule has 1 N–H and O–H groups in total. The number of likely N-dealkylation sites (N-methyl/N-ethyl adjacent to an activating group) is 1. The van der Waals surface area contributed by atoms with Crippen molar-refractivity contribution in [2.75, 3.05) is 20.6 Å². The highest BCUT2D eigenvalue weighted by Gasteiger charge is 2.29. The summed E-state index contributed by atoms with van der Waals surface area (Å²) in [5.41, 5.74) is 0.170. The molecular weight excluding hydrogens is 172 g/mol. The Morgan fingerprint density at radius 1 is 1.43 bits per heavy atom. The van der Waals surface area contributed by atoms with Gasteiger partial charge in [-0.1, -0.05) is 13.0 Å². The van der Waals surface area contributed by atoms with Gasteiger partial charge in [0.15, 0.2) is 0 Å². The Kier molecular flexibility index (Phi) is 6.05. The second-order valence-corrected chi connectivity index (χ2v) is 4.58. The maximum absolute atomic E-state index is 3.82. The third-order valence-corrected chi connectivity index (χ3v) is 3.05. The van der Waals surface area contributed by atoms with Gasteiger partial charge in [0.1, 0.15) is 0 Å². The Balaban J connectivity index is 4.37. The second-order valence-electron chi connectivity index (χ2n) is 4.58. The van der Waals surface area contributed by atoms with Crippen LogP contribution in [0.3, 0.4) is 0 Å². The Morgan fingerprint density at radius 3 is 2.36 bits per heavy atom. The Labute approximate surface area is 89.4 Å². The molecule has 0 fully saturated rings. The van der Waals surface area contributed by atoms with Crippen LogP contribution in [-0.4, -0.2) is 37.1 Å². The summed E-state index contributed by atoms with van der Waals surface area (Å²) < 4.78 is 0. The monoisotopic (exact) mass is 198 g/mol. The van der Waals surface area contributed by atoms with Crippen molar-refractivity contribution in [1.82, 2.24) is 10.2 Å². The van der Waals surface area contributed by atoms with E-state index in [0.717, 1.165) is 13.0 Å². The van der Waals surface area contributed by atoms with Crippen LogP contribution >= 0.6 is 0 Å². The molecule has 0 rings (SSSR count). The Bertz CT molecular complexity index is 162. The lowest BCUT2D eigenvalue weighted by Gasteiger charge is -2.40. The zero-order valence-corrected chi connectivity index (χ0v) is 10.4. The molecule has 0 saturated heterocycles. The van der Waals surface area contributed by atoms with E-state index >= 15 is 0 Å². The van der Waals surface area contributed by atoms with E-state index in [1.54, 1.807) is 0 Å². The summed E-state index contributed by atoms with van der Waals surface area (Å²) in [4.78, 5) is 2.27. The third kappa shape index (κ3) is 3.81. The minimum absolute atomic E-state index is 0.170. The molecule has 1 atom stereocenters. The zero-order valence-electron chi connectivity index (χ0n) is 10.4. The summed E-state index contributed by atoms with van der Waals surface area (Å²) in [5.74, 6) is 0. The largest absolute Gasteiger partial charge is 0.312 e. The summed E-state index contributed by atoms with van der Waals surface area (Å²) >= 11 is 0. The lowest BCUT2D eigenvalue weighted by molar-refractivity contribution is 0.138. The van der Waals surface area contributed by atoms with Crippen molar-refractivity contribution in [2.45, 2.75) is 45.2 Å². The molecule has 0 heterocycles. The van der Waals surface area contributed by atoms with E-state index in [2.05, 4.69) is 51.7 Å². The summed E-state index contributed by atoms with van der Waals surface area (Å²) in [6, 6.07) is 0.481. The van der Waals surface area contributed by atoms with Crippen LogP contribution in [0.15, 0.2) is 12.7 Å². The third-order valence-electron chi connectivity index (χ3n) is 3.05. The molecule has 0 aromatic heterocycles. The maximum Gasteiger partial charge on any atom is 0.0303 e. The number of rotatable bonds is 7. The highest BCUT2D eigenvalue weighted by atomic mass is 15.2. The fourth-order valence-electron chi connectivity index (χ4n) is 1.42. The summed E-state index contributed by atoms with van der Waals surface area (Å²) in [6.07, 6.45) is 4.20. The number of hydrogen-bond donors (Lipinski definition) is 1. The van der Waals surface area contributed by atoms with E-state index in [1.165, 1.54) is 6.42 Å². The van der Waals surface area contributed by atoms with Crippen molar-refractivity contribution in [3.63, 3.8) is 0 Å². The fraction of sp³-hybridized carbons (Fsp3) is 0.833. The van der Waals surface area contributed by atoms with Crippen LogP contribution in [0.2, 0.25) is 0 Å². The Morgan fingerprint density at radius 2 is 2.00 bits per heavy atom. The normalized spacial score (nSPS) is 14.4. The van der Waals surface area contributed by atoms with Gasteiger partial charge in [0.2, 0.25) is 0 Å². The van der Waals surface area contributed by atoms with E-state index in [-0.39, 0.29) is 5.54 Å². The molecule has 0 aromatic rings. The maximum atomic E-state index is 3.82. The van der Waals surface area contributed by atoms with Crippen LogP contribution < -0.4 is 5.32 Å². The average molecular weight is 198 g/mol. The van der Waals surface area contributed by atoms with E-state index in [9.17, 15) is 0 Å². The lowest BCUT2D eigenvalue weighted by atomic mass is 9.90. The van der Waals surface area contributed by atoms with Gasteiger partial charge in [0, 0.05) is 11.6 Å². The second kappa shape index (κ2) is 6.20. The van der Waals surface area contributed by atoms with Crippen molar-refractivity contribution < 1.29 is 0 Å². The molecule has 0 aromatic carbocycles. The molecule has 0 aliphatic carbocycles. The lowest BCUT2D eigenvalue weighted by Crippen LogP contribution is -2.55. The minimum atomic E-state index is 0.170. The van der Waals surface area contributed by atoms with Crippen LogP contribution in [0.4, 0.5) is 0 Å². The highest BCUT2D eigenvalue weighted by Crippen LogP contribution is 2.18. The van der Waals surface area contributed by atoms with Crippen molar-refractivity contribution in [2.24, 2.45) is 0 Å². The number of nitrogens with one attached hydrogen (secondary N) is 1. The molecule has 0 amide bonds. The van der Waals surface area contributed by atoms with Crippen LogP contribution in [0.25, 0.3) is 0 Å². The SMILES string of the molecule is C=CCC(NCCC)C(C)(C)N(C)C. The number of hydrogen-bond acceptors (Lipinski definition) is 2.